The van der Waals surface area contributed by atoms with Gasteiger partial charge in [-0.25, -0.2) is 4.79 Å². The summed E-state index contributed by atoms with van der Waals surface area (Å²) in [4.78, 5) is 34.7. The number of amides is 1. The van der Waals surface area contributed by atoms with Gasteiger partial charge < -0.3 is 14.9 Å². The molecule has 2 aliphatic heterocycles. The summed E-state index contributed by atoms with van der Waals surface area (Å²) in [7, 11) is 1.64. The summed E-state index contributed by atoms with van der Waals surface area (Å²) in [5.41, 5.74) is 0.979. The van der Waals surface area contributed by atoms with Crippen LogP contribution < -0.4 is 10.1 Å². The Balaban J connectivity index is 0.00000228. The van der Waals surface area contributed by atoms with Crippen LogP contribution in [0.4, 0.5) is 0 Å². The van der Waals surface area contributed by atoms with Crippen LogP contribution in [0.3, 0.4) is 0 Å². The normalized spacial score (nSPS) is 19.5. The maximum absolute atomic E-state index is 13.4. The molecule has 0 aromatic heterocycles. The van der Waals surface area contributed by atoms with E-state index in [-0.39, 0.29) is 61.4 Å². The fourth-order valence-corrected chi connectivity index (χ4v) is 5.44. The quantitative estimate of drug-likeness (QED) is 0.487. The van der Waals surface area contributed by atoms with Crippen molar-refractivity contribution < 1.29 is 19.2 Å². The SMILES string of the molecule is COc1ccccc1CCC(=O)N(OC(=O)C1CCCCC1)N1CCN(C2CCNCC2)CC1.Cl.Cl.Cl. The molecule has 0 radical (unpaired) electrons. The molecule has 0 bridgehead atoms. The topological polar surface area (TPSA) is 74.3 Å². The average Bonchev–Trinajstić information content (AvgIpc) is 2.91. The first-order chi connectivity index (χ1) is 16.7. The molecule has 1 saturated carbocycles. The summed E-state index contributed by atoms with van der Waals surface area (Å²) in [6.45, 7) is 5.25. The number of methoxy groups -OCH3 is 1. The Morgan fingerprint density at radius 1 is 0.946 bits per heavy atom. The highest BCUT2D eigenvalue weighted by Gasteiger charge is 2.34. The van der Waals surface area contributed by atoms with Gasteiger partial charge in [-0.2, -0.15) is 5.01 Å². The van der Waals surface area contributed by atoms with E-state index in [1.807, 2.05) is 29.3 Å². The van der Waals surface area contributed by atoms with Gasteiger partial charge in [0.2, 0.25) is 0 Å². The number of piperazine rings is 1. The molecule has 1 amide bonds. The lowest BCUT2D eigenvalue weighted by Gasteiger charge is -2.43. The number of hydroxylamine groups is 1. The second-order valence-corrected chi connectivity index (χ2v) is 9.69. The first-order valence-electron chi connectivity index (χ1n) is 13.0. The molecule has 2 heterocycles. The van der Waals surface area contributed by atoms with E-state index in [1.165, 1.54) is 11.6 Å². The first-order valence-corrected chi connectivity index (χ1v) is 13.0. The Labute approximate surface area is 239 Å². The zero-order valence-corrected chi connectivity index (χ0v) is 24.2. The molecule has 0 unspecified atom stereocenters. The van der Waals surface area contributed by atoms with Crippen LogP contribution in [0.5, 0.6) is 5.75 Å². The molecule has 1 aliphatic carbocycles. The molecule has 1 aromatic rings. The molecule has 0 spiro atoms. The van der Waals surface area contributed by atoms with Crippen molar-refractivity contribution in [2.75, 3.05) is 46.4 Å². The molecule has 3 fully saturated rings. The van der Waals surface area contributed by atoms with Crippen LogP contribution in [-0.4, -0.2) is 79.4 Å². The standard InChI is InChI=1S/C26H40N4O4.3ClH/c1-33-24-10-6-5-7-21(24)11-12-25(31)30(34-26(32)22-8-3-2-4-9-22)29-19-17-28(18-20-29)23-13-15-27-16-14-23;;;/h5-7,10,22-23,27H,2-4,8-9,11-20H2,1H3;3*1H. The zero-order valence-electron chi connectivity index (χ0n) is 21.8. The Hall–Kier alpha value is -1.29. The van der Waals surface area contributed by atoms with Gasteiger partial charge in [0.1, 0.15) is 5.75 Å². The molecule has 2 saturated heterocycles. The highest BCUT2D eigenvalue weighted by molar-refractivity contribution is 5.86. The molecule has 1 N–H and O–H groups in total. The molecule has 11 heteroatoms. The van der Waals surface area contributed by atoms with Crippen LogP contribution >= 0.6 is 37.2 Å². The van der Waals surface area contributed by atoms with E-state index in [0.29, 0.717) is 25.6 Å². The number of benzene rings is 1. The summed E-state index contributed by atoms with van der Waals surface area (Å²) in [6, 6.07) is 8.35. The second kappa shape index (κ2) is 17.3. The number of nitrogens with zero attached hydrogens (tertiary/aromatic N) is 3. The van der Waals surface area contributed by atoms with Crippen molar-refractivity contribution in [1.82, 2.24) is 20.4 Å². The zero-order chi connectivity index (χ0) is 23.8. The number of halogens is 3. The van der Waals surface area contributed by atoms with Gasteiger partial charge in [-0.1, -0.05) is 42.6 Å². The van der Waals surface area contributed by atoms with Gasteiger partial charge in [0.25, 0.3) is 5.91 Å². The molecule has 212 valence electrons. The molecule has 3 aliphatic rings. The number of hydrazine groups is 1. The average molecular weight is 582 g/mol. The van der Waals surface area contributed by atoms with Crippen molar-refractivity contribution >= 4 is 49.1 Å². The van der Waals surface area contributed by atoms with Gasteiger partial charge in [-0.15, -0.1) is 37.2 Å². The van der Waals surface area contributed by atoms with Crippen LogP contribution in [0, 0.1) is 5.92 Å². The number of para-hydroxylation sites is 1. The number of carbonyl (C=O) groups excluding carboxylic acids is 2. The van der Waals surface area contributed by atoms with Gasteiger partial charge in [0.15, 0.2) is 0 Å². The Morgan fingerprint density at radius 3 is 2.24 bits per heavy atom. The third kappa shape index (κ3) is 9.44. The highest BCUT2D eigenvalue weighted by Crippen LogP contribution is 2.26. The van der Waals surface area contributed by atoms with E-state index >= 15 is 0 Å². The van der Waals surface area contributed by atoms with Crippen LogP contribution in [0.25, 0.3) is 0 Å². The lowest BCUT2D eigenvalue weighted by molar-refractivity contribution is -0.267. The van der Waals surface area contributed by atoms with E-state index < -0.39 is 0 Å². The smallest absolute Gasteiger partial charge is 0.337 e. The molecule has 37 heavy (non-hydrogen) atoms. The van der Waals surface area contributed by atoms with Crippen molar-refractivity contribution in [2.24, 2.45) is 5.92 Å². The van der Waals surface area contributed by atoms with Gasteiger partial charge in [0.05, 0.1) is 13.0 Å². The van der Waals surface area contributed by atoms with E-state index in [4.69, 9.17) is 9.57 Å². The van der Waals surface area contributed by atoms with Crippen molar-refractivity contribution in [3.05, 3.63) is 29.8 Å². The summed E-state index contributed by atoms with van der Waals surface area (Å²) < 4.78 is 5.44. The summed E-state index contributed by atoms with van der Waals surface area (Å²) in [5.74, 6) is 0.238. The number of ether oxygens (including phenoxy) is 1. The number of aryl methyl sites for hydroxylation is 1. The van der Waals surface area contributed by atoms with Crippen molar-refractivity contribution in [3.63, 3.8) is 0 Å². The molecule has 4 rings (SSSR count). The maximum atomic E-state index is 13.4. The van der Waals surface area contributed by atoms with E-state index in [2.05, 4.69) is 10.2 Å². The van der Waals surface area contributed by atoms with Gasteiger partial charge in [-0.05, 0) is 56.8 Å². The predicted octanol–water partition coefficient (Wildman–Crippen LogP) is 4.04. The van der Waals surface area contributed by atoms with Crippen molar-refractivity contribution in [2.45, 2.75) is 63.8 Å². The minimum Gasteiger partial charge on any atom is -0.496 e. The molecule has 0 atom stereocenters. The highest BCUT2D eigenvalue weighted by atomic mass is 35.5. The fourth-order valence-electron chi connectivity index (χ4n) is 5.44. The van der Waals surface area contributed by atoms with Gasteiger partial charge in [-0.3, -0.25) is 9.69 Å². The summed E-state index contributed by atoms with van der Waals surface area (Å²) in [6.07, 6.45) is 8.10. The number of rotatable bonds is 7. The van der Waals surface area contributed by atoms with Crippen molar-refractivity contribution in [3.8, 4) is 5.75 Å². The lowest BCUT2D eigenvalue weighted by atomic mass is 9.89. The van der Waals surface area contributed by atoms with Crippen LogP contribution in [0.2, 0.25) is 0 Å². The number of hydrogen-bond acceptors (Lipinski definition) is 7. The number of hydrogen-bond donors (Lipinski definition) is 1. The summed E-state index contributed by atoms with van der Waals surface area (Å²) in [5, 5.41) is 6.66. The van der Waals surface area contributed by atoms with Gasteiger partial charge >= 0.3 is 5.97 Å². The van der Waals surface area contributed by atoms with E-state index in [1.54, 1.807) is 7.11 Å². The predicted molar refractivity (Wildman–Crippen MR) is 152 cm³/mol. The minimum atomic E-state index is -0.258. The molecule has 1 aromatic carbocycles. The van der Waals surface area contributed by atoms with Crippen LogP contribution in [0.15, 0.2) is 24.3 Å². The lowest BCUT2D eigenvalue weighted by Crippen LogP contribution is -2.58. The first kappa shape index (κ1) is 33.7. The molecule has 8 nitrogen and oxygen atoms in total. The summed E-state index contributed by atoms with van der Waals surface area (Å²) >= 11 is 0. The van der Waals surface area contributed by atoms with E-state index in [9.17, 15) is 9.59 Å². The number of carbonyl (C=O) groups is 2. The third-order valence-electron chi connectivity index (χ3n) is 7.50. The second-order valence-electron chi connectivity index (χ2n) is 9.69. The van der Waals surface area contributed by atoms with Crippen molar-refractivity contribution in [1.29, 1.82) is 0 Å². The third-order valence-corrected chi connectivity index (χ3v) is 7.50. The fraction of sp³-hybridized carbons (Fsp3) is 0.692. The molecular formula is C26H43Cl3N4O4. The largest absolute Gasteiger partial charge is 0.496 e. The van der Waals surface area contributed by atoms with Crippen LogP contribution in [-0.2, 0) is 20.8 Å². The number of nitrogens with one attached hydrogen (secondary N) is 1. The van der Waals surface area contributed by atoms with E-state index in [0.717, 1.165) is 76.0 Å². The monoisotopic (exact) mass is 580 g/mol. The molecular weight excluding hydrogens is 539 g/mol. The number of piperidine rings is 1. The maximum Gasteiger partial charge on any atom is 0.337 e. The van der Waals surface area contributed by atoms with Crippen LogP contribution in [0.1, 0.15) is 56.9 Å². The van der Waals surface area contributed by atoms with Gasteiger partial charge in [0, 0.05) is 38.6 Å². The Morgan fingerprint density at radius 2 is 1.59 bits per heavy atom. The minimum absolute atomic E-state index is 0. The Bertz CT molecular complexity index is 815. The Kier molecular flexibility index (Phi) is 15.8.